The van der Waals surface area contributed by atoms with E-state index in [9.17, 15) is 9.59 Å². The molecule has 0 aromatic heterocycles. The first-order valence-electron chi connectivity index (χ1n) is 8.46. The number of benzene rings is 2. The van der Waals surface area contributed by atoms with E-state index in [-0.39, 0.29) is 11.9 Å². The minimum absolute atomic E-state index is 0.0396. The van der Waals surface area contributed by atoms with Gasteiger partial charge in [0.05, 0.1) is 0 Å². The lowest BCUT2D eigenvalue weighted by Gasteiger charge is -2.20. The highest BCUT2D eigenvalue weighted by atomic mass is 16.6. The molecular formula is C20H24N2O3. The second-order valence-corrected chi connectivity index (χ2v) is 5.91. The Bertz CT molecular complexity index is 674. The van der Waals surface area contributed by atoms with E-state index >= 15 is 0 Å². The van der Waals surface area contributed by atoms with Crippen molar-refractivity contribution in [2.45, 2.75) is 38.8 Å². The van der Waals surface area contributed by atoms with Crippen molar-refractivity contribution >= 4 is 12.0 Å². The van der Waals surface area contributed by atoms with E-state index < -0.39 is 12.1 Å². The van der Waals surface area contributed by atoms with Crippen LogP contribution >= 0.6 is 0 Å². The van der Waals surface area contributed by atoms with Crippen LogP contribution < -0.4 is 15.4 Å². The van der Waals surface area contributed by atoms with E-state index in [1.54, 1.807) is 24.3 Å². The average Bonchev–Trinajstić information content (AvgIpc) is 2.62. The molecule has 2 aromatic carbocycles. The summed E-state index contributed by atoms with van der Waals surface area (Å²) < 4.78 is 5.23. The van der Waals surface area contributed by atoms with Crippen LogP contribution in [0, 0.1) is 0 Å². The van der Waals surface area contributed by atoms with E-state index in [0.29, 0.717) is 12.2 Å². The summed E-state index contributed by atoms with van der Waals surface area (Å²) in [7, 11) is 0. The van der Waals surface area contributed by atoms with Crippen molar-refractivity contribution in [1.29, 1.82) is 0 Å². The van der Waals surface area contributed by atoms with Crippen LogP contribution in [-0.2, 0) is 11.2 Å². The van der Waals surface area contributed by atoms with Gasteiger partial charge in [0.2, 0.25) is 5.91 Å². The Morgan fingerprint density at radius 1 is 0.960 bits per heavy atom. The molecule has 0 bridgehead atoms. The Hall–Kier alpha value is -2.82. The Kier molecular flexibility index (Phi) is 7.01. The molecule has 0 aliphatic rings. The maximum Gasteiger partial charge on any atom is 0.413 e. The van der Waals surface area contributed by atoms with Crippen LogP contribution in [0.5, 0.6) is 5.75 Å². The molecule has 0 heterocycles. The van der Waals surface area contributed by atoms with Crippen molar-refractivity contribution in [3.63, 3.8) is 0 Å². The molecule has 2 atom stereocenters. The highest BCUT2D eigenvalue weighted by Gasteiger charge is 2.23. The number of nitrogens with one attached hydrogen (secondary N) is 2. The molecule has 2 rings (SSSR count). The number of rotatable bonds is 7. The topological polar surface area (TPSA) is 67.4 Å². The second kappa shape index (κ2) is 9.47. The summed E-state index contributed by atoms with van der Waals surface area (Å²) in [6.07, 6.45) is 0.567. The summed E-state index contributed by atoms with van der Waals surface area (Å²) in [4.78, 5) is 24.7. The number of amides is 2. The second-order valence-electron chi connectivity index (χ2n) is 5.91. The largest absolute Gasteiger partial charge is 0.413 e. The van der Waals surface area contributed by atoms with Gasteiger partial charge in [-0.05, 0) is 31.0 Å². The molecule has 0 saturated carbocycles. The average molecular weight is 340 g/mol. The van der Waals surface area contributed by atoms with E-state index in [0.717, 1.165) is 12.0 Å². The lowest BCUT2D eigenvalue weighted by Crippen LogP contribution is -2.50. The van der Waals surface area contributed by atoms with Crippen LogP contribution in [0.1, 0.15) is 25.8 Å². The molecule has 0 aliphatic heterocycles. The smallest absolute Gasteiger partial charge is 0.410 e. The van der Waals surface area contributed by atoms with Gasteiger partial charge >= 0.3 is 6.09 Å². The van der Waals surface area contributed by atoms with Crippen LogP contribution in [0.2, 0.25) is 0 Å². The lowest BCUT2D eigenvalue weighted by atomic mass is 10.0. The third-order valence-corrected chi connectivity index (χ3v) is 3.85. The van der Waals surface area contributed by atoms with Crippen LogP contribution in [0.25, 0.3) is 0 Å². The molecule has 132 valence electrons. The van der Waals surface area contributed by atoms with Gasteiger partial charge in [-0.25, -0.2) is 4.79 Å². The van der Waals surface area contributed by atoms with E-state index in [4.69, 9.17) is 4.74 Å². The number of hydrogen-bond donors (Lipinski definition) is 2. The highest BCUT2D eigenvalue weighted by Crippen LogP contribution is 2.09. The standard InChI is InChI=1S/C20H24N2O3/c1-3-15(2)21-19(23)18(14-16-10-6-4-7-11-16)22-20(24)25-17-12-8-5-9-13-17/h4-13,15,18H,3,14H2,1-2H3,(H,21,23)(H,22,24)/t15-,18+/m1/s1. The van der Waals surface area contributed by atoms with Crippen LogP contribution in [0.3, 0.4) is 0 Å². The first kappa shape index (κ1) is 18.5. The zero-order valence-corrected chi connectivity index (χ0v) is 14.6. The Morgan fingerprint density at radius 2 is 1.56 bits per heavy atom. The molecule has 0 spiro atoms. The van der Waals surface area contributed by atoms with Gasteiger partial charge in [0.1, 0.15) is 11.8 Å². The van der Waals surface area contributed by atoms with Crippen molar-refractivity contribution in [1.82, 2.24) is 10.6 Å². The quantitative estimate of drug-likeness (QED) is 0.813. The van der Waals surface area contributed by atoms with Crippen LogP contribution in [0.15, 0.2) is 60.7 Å². The van der Waals surface area contributed by atoms with E-state index in [1.807, 2.05) is 50.2 Å². The monoisotopic (exact) mass is 340 g/mol. The van der Waals surface area contributed by atoms with Gasteiger partial charge in [-0.2, -0.15) is 0 Å². The molecule has 2 amide bonds. The fourth-order valence-corrected chi connectivity index (χ4v) is 2.27. The van der Waals surface area contributed by atoms with Gasteiger partial charge in [-0.15, -0.1) is 0 Å². The van der Waals surface area contributed by atoms with Gasteiger partial charge in [-0.1, -0.05) is 55.5 Å². The number of ether oxygens (including phenoxy) is 1. The van der Waals surface area contributed by atoms with Gasteiger partial charge in [0.25, 0.3) is 0 Å². The molecule has 0 radical (unpaired) electrons. The first-order chi connectivity index (χ1) is 12.1. The fourth-order valence-electron chi connectivity index (χ4n) is 2.27. The molecule has 2 N–H and O–H groups in total. The van der Waals surface area contributed by atoms with Gasteiger partial charge in [-0.3, -0.25) is 4.79 Å². The first-order valence-corrected chi connectivity index (χ1v) is 8.46. The summed E-state index contributed by atoms with van der Waals surface area (Å²) in [5, 5.41) is 5.58. The van der Waals surface area contributed by atoms with E-state index in [2.05, 4.69) is 10.6 Å². The number of hydrogen-bond acceptors (Lipinski definition) is 3. The van der Waals surface area contributed by atoms with E-state index in [1.165, 1.54) is 0 Å². The summed E-state index contributed by atoms with van der Waals surface area (Å²) in [5.74, 6) is 0.212. The van der Waals surface area contributed by atoms with Crippen molar-refractivity contribution in [3.05, 3.63) is 66.2 Å². The lowest BCUT2D eigenvalue weighted by molar-refractivity contribution is -0.123. The minimum atomic E-state index is -0.701. The van der Waals surface area contributed by atoms with Gasteiger partial charge < -0.3 is 15.4 Å². The Balaban J connectivity index is 2.04. The SMILES string of the molecule is CC[C@@H](C)NC(=O)[C@H](Cc1ccccc1)NC(=O)Oc1ccccc1. The zero-order valence-electron chi connectivity index (χ0n) is 14.6. The molecule has 5 nitrogen and oxygen atoms in total. The summed E-state index contributed by atoms with van der Waals surface area (Å²) in [6, 6.07) is 17.7. The summed E-state index contributed by atoms with van der Waals surface area (Å²) >= 11 is 0. The Morgan fingerprint density at radius 3 is 2.16 bits per heavy atom. The zero-order chi connectivity index (χ0) is 18.1. The van der Waals surface area contributed by atoms with Crippen molar-refractivity contribution < 1.29 is 14.3 Å². The third kappa shape index (κ3) is 6.30. The third-order valence-electron chi connectivity index (χ3n) is 3.85. The molecule has 0 unspecified atom stereocenters. The molecular weight excluding hydrogens is 316 g/mol. The molecule has 5 heteroatoms. The number of para-hydroxylation sites is 1. The van der Waals surface area contributed by atoms with Crippen LogP contribution in [0.4, 0.5) is 4.79 Å². The molecule has 0 saturated heterocycles. The van der Waals surface area contributed by atoms with Gasteiger partial charge in [0, 0.05) is 12.5 Å². The van der Waals surface area contributed by atoms with Crippen molar-refractivity contribution in [2.75, 3.05) is 0 Å². The molecule has 25 heavy (non-hydrogen) atoms. The van der Waals surface area contributed by atoms with Gasteiger partial charge in [0.15, 0.2) is 0 Å². The number of carbonyl (C=O) groups is 2. The molecule has 0 aliphatic carbocycles. The minimum Gasteiger partial charge on any atom is -0.410 e. The van der Waals surface area contributed by atoms with Crippen molar-refractivity contribution in [3.8, 4) is 5.75 Å². The predicted molar refractivity (Wildman–Crippen MR) is 97.4 cm³/mol. The van der Waals surface area contributed by atoms with Crippen LogP contribution in [-0.4, -0.2) is 24.1 Å². The fraction of sp³-hybridized carbons (Fsp3) is 0.300. The number of carbonyl (C=O) groups excluding carboxylic acids is 2. The predicted octanol–water partition coefficient (Wildman–Crippen LogP) is 3.30. The summed E-state index contributed by atoms with van der Waals surface area (Å²) in [6.45, 7) is 3.92. The maximum atomic E-state index is 12.5. The molecule has 2 aromatic rings. The Labute approximate surface area is 148 Å². The molecule has 0 fully saturated rings. The maximum absolute atomic E-state index is 12.5. The summed E-state index contributed by atoms with van der Waals surface area (Å²) in [5.41, 5.74) is 0.965. The van der Waals surface area contributed by atoms with Crippen molar-refractivity contribution in [2.24, 2.45) is 0 Å². The highest BCUT2D eigenvalue weighted by molar-refractivity contribution is 5.86. The normalized spacial score (nSPS) is 12.7.